The number of hydrogen-bond acceptors (Lipinski definition) is 5. The van der Waals surface area contributed by atoms with E-state index in [0.717, 1.165) is 5.56 Å². The molecule has 0 saturated carbocycles. The van der Waals surface area contributed by atoms with Gasteiger partial charge < -0.3 is 5.73 Å². The zero-order valence-electron chi connectivity index (χ0n) is 9.71. The van der Waals surface area contributed by atoms with Crippen molar-refractivity contribution in [3.8, 4) is 0 Å². The van der Waals surface area contributed by atoms with Crippen LogP contribution in [0, 0.1) is 0 Å². The van der Waals surface area contributed by atoms with Crippen molar-refractivity contribution in [2.24, 2.45) is 0 Å². The molecule has 2 rings (SSSR count). The van der Waals surface area contributed by atoms with E-state index in [2.05, 4.69) is 20.5 Å². The Hall–Kier alpha value is -2.50. The van der Waals surface area contributed by atoms with Crippen LogP contribution < -0.4 is 11.1 Å². The molecule has 1 heterocycles. The van der Waals surface area contributed by atoms with Crippen LogP contribution in [0.4, 0.5) is 11.6 Å². The number of carbonyl (C=O) groups excluding carboxylic acids is 1. The first kappa shape index (κ1) is 12.0. The number of benzene rings is 1. The molecular formula is C12H13N5O. The zero-order valence-corrected chi connectivity index (χ0v) is 9.71. The number of nitrogens with one attached hydrogen (secondary N) is 1. The van der Waals surface area contributed by atoms with Crippen molar-refractivity contribution in [2.75, 3.05) is 11.1 Å². The van der Waals surface area contributed by atoms with Crippen LogP contribution in [0.2, 0.25) is 0 Å². The van der Waals surface area contributed by atoms with E-state index in [9.17, 15) is 4.79 Å². The average Bonchev–Trinajstić information content (AvgIpc) is 2.39. The van der Waals surface area contributed by atoms with Gasteiger partial charge >= 0.3 is 0 Å². The number of rotatable bonds is 4. The van der Waals surface area contributed by atoms with Crippen LogP contribution in [0.3, 0.4) is 0 Å². The number of amides is 1. The van der Waals surface area contributed by atoms with Gasteiger partial charge in [0, 0.05) is 12.1 Å². The molecule has 3 N–H and O–H groups in total. The van der Waals surface area contributed by atoms with Gasteiger partial charge in [-0.15, -0.1) is 5.10 Å². The van der Waals surface area contributed by atoms with Gasteiger partial charge in [-0.25, -0.2) is 4.98 Å². The number of nitrogen functional groups attached to an aromatic ring is 1. The molecule has 0 radical (unpaired) electrons. The van der Waals surface area contributed by atoms with Crippen LogP contribution in [0.1, 0.15) is 12.0 Å². The number of anilines is 2. The largest absolute Gasteiger partial charge is 0.399 e. The zero-order chi connectivity index (χ0) is 12.8. The van der Waals surface area contributed by atoms with Gasteiger partial charge in [0.1, 0.15) is 0 Å². The Balaban J connectivity index is 1.83. The molecule has 6 nitrogen and oxygen atoms in total. The minimum Gasteiger partial charge on any atom is -0.399 e. The fraction of sp³-hybridized carbons (Fsp3) is 0.167. The maximum absolute atomic E-state index is 11.6. The molecule has 0 spiro atoms. The Morgan fingerprint density at radius 2 is 2.00 bits per heavy atom. The normalized spacial score (nSPS) is 10.0. The highest BCUT2D eigenvalue weighted by Gasteiger charge is 2.04. The number of aryl methyl sites for hydroxylation is 1. The topological polar surface area (TPSA) is 93.8 Å². The Morgan fingerprint density at radius 1 is 1.22 bits per heavy atom. The van der Waals surface area contributed by atoms with Gasteiger partial charge in [0.25, 0.3) is 0 Å². The molecule has 0 aliphatic rings. The summed E-state index contributed by atoms with van der Waals surface area (Å²) in [6.07, 6.45) is 3.93. The molecule has 0 aliphatic carbocycles. The van der Waals surface area contributed by atoms with Crippen LogP contribution in [0.5, 0.6) is 0 Å². The lowest BCUT2D eigenvalue weighted by Crippen LogP contribution is -2.14. The second-order valence-corrected chi connectivity index (χ2v) is 3.76. The molecule has 0 aliphatic heterocycles. The van der Waals surface area contributed by atoms with E-state index >= 15 is 0 Å². The first-order valence-electron chi connectivity index (χ1n) is 5.52. The van der Waals surface area contributed by atoms with Gasteiger partial charge in [-0.2, -0.15) is 5.10 Å². The van der Waals surface area contributed by atoms with Gasteiger partial charge in [0.15, 0.2) is 0 Å². The number of nitrogens with zero attached hydrogens (tertiary/aromatic N) is 3. The van der Waals surface area contributed by atoms with E-state index in [1.807, 2.05) is 24.3 Å². The summed E-state index contributed by atoms with van der Waals surface area (Å²) in [6.45, 7) is 0. The summed E-state index contributed by atoms with van der Waals surface area (Å²) in [5, 5.41) is 9.88. The van der Waals surface area contributed by atoms with E-state index in [1.54, 1.807) is 0 Å². The maximum atomic E-state index is 11.6. The molecule has 0 fully saturated rings. The smallest absolute Gasteiger partial charge is 0.249 e. The number of nitrogens with two attached hydrogens (primary N) is 1. The van der Waals surface area contributed by atoms with Crippen LogP contribution in [-0.2, 0) is 11.2 Å². The molecule has 18 heavy (non-hydrogen) atoms. The fourth-order valence-corrected chi connectivity index (χ4v) is 1.43. The summed E-state index contributed by atoms with van der Waals surface area (Å²) in [6, 6.07) is 7.45. The predicted octanol–water partition coefficient (Wildman–Crippen LogP) is 1.03. The molecule has 0 bridgehead atoms. The van der Waals surface area contributed by atoms with Crippen molar-refractivity contribution in [1.29, 1.82) is 0 Å². The summed E-state index contributed by atoms with van der Waals surface area (Å²) >= 11 is 0. The highest BCUT2D eigenvalue weighted by Crippen LogP contribution is 2.08. The second-order valence-electron chi connectivity index (χ2n) is 3.76. The number of carbonyl (C=O) groups is 1. The molecule has 0 unspecified atom stereocenters. The van der Waals surface area contributed by atoms with E-state index in [4.69, 9.17) is 5.73 Å². The van der Waals surface area contributed by atoms with Crippen molar-refractivity contribution < 1.29 is 4.79 Å². The molecule has 0 saturated heterocycles. The van der Waals surface area contributed by atoms with Gasteiger partial charge in [0.2, 0.25) is 11.9 Å². The van der Waals surface area contributed by atoms with E-state index in [1.165, 1.54) is 12.4 Å². The molecule has 1 aromatic carbocycles. The van der Waals surface area contributed by atoms with Crippen LogP contribution in [0.25, 0.3) is 0 Å². The molecule has 2 aromatic rings. The van der Waals surface area contributed by atoms with Crippen LogP contribution in [0.15, 0.2) is 36.7 Å². The third-order valence-electron chi connectivity index (χ3n) is 2.35. The number of aromatic nitrogens is 3. The monoisotopic (exact) mass is 243 g/mol. The molecule has 0 atom stereocenters. The van der Waals surface area contributed by atoms with Crippen LogP contribution >= 0.6 is 0 Å². The minimum atomic E-state index is -0.139. The lowest BCUT2D eigenvalue weighted by atomic mass is 10.1. The highest BCUT2D eigenvalue weighted by molar-refractivity contribution is 5.88. The van der Waals surface area contributed by atoms with Gasteiger partial charge in [0.05, 0.1) is 12.4 Å². The lowest BCUT2D eigenvalue weighted by molar-refractivity contribution is -0.116. The Bertz CT molecular complexity index is 512. The maximum Gasteiger partial charge on any atom is 0.249 e. The minimum absolute atomic E-state index is 0.139. The van der Waals surface area contributed by atoms with Crippen LogP contribution in [-0.4, -0.2) is 21.1 Å². The number of hydrogen-bond donors (Lipinski definition) is 2. The van der Waals surface area contributed by atoms with E-state index < -0.39 is 0 Å². The van der Waals surface area contributed by atoms with Crippen molar-refractivity contribution in [1.82, 2.24) is 15.2 Å². The van der Waals surface area contributed by atoms with Crippen molar-refractivity contribution >= 4 is 17.5 Å². The van der Waals surface area contributed by atoms with Crippen molar-refractivity contribution in [3.05, 3.63) is 42.2 Å². The van der Waals surface area contributed by atoms with E-state index in [-0.39, 0.29) is 11.9 Å². The Morgan fingerprint density at radius 3 is 2.67 bits per heavy atom. The molecule has 6 heteroatoms. The standard InChI is InChI=1S/C12H13N5O/c13-10-4-1-9(2-5-10)3-6-11(18)16-12-14-7-8-15-17-12/h1-2,4-5,7-8H,3,6,13H2,(H,14,16,17,18). The predicted molar refractivity (Wildman–Crippen MR) is 67.6 cm³/mol. The summed E-state index contributed by atoms with van der Waals surface area (Å²) < 4.78 is 0. The fourth-order valence-electron chi connectivity index (χ4n) is 1.43. The highest BCUT2D eigenvalue weighted by atomic mass is 16.1. The molecule has 1 aromatic heterocycles. The van der Waals surface area contributed by atoms with Crippen molar-refractivity contribution in [3.63, 3.8) is 0 Å². The second kappa shape index (κ2) is 5.72. The lowest BCUT2D eigenvalue weighted by Gasteiger charge is -2.03. The summed E-state index contributed by atoms with van der Waals surface area (Å²) in [5.74, 6) is 0.0830. The van der Waals surface area contributed by atoms with Crippen molar-refractivity contribution in [2.45, 2.75) is 12.8 Å². The quantitative estimate of drug-likeness (QED) is 0.782. The molecular weight excluding hydrogens is 230 g/mol. The SMILES string of the molecule is Nc1ccc(CCC(=O)Nc2nccnn2)cc1. The Kier molecular flexibility index (Phi) is 3.80. The summed E-state index contributed by atoms with van der Waals surface area (Å²) in [7, 11) is 0. The molecule has 1 amide bonds. The third kappa shape index (κ3) is 3.51. The first-order valence-corrected chi connectivity index (χ1v) is 5.52. The molecule has 92 valence electrons. The summed E-state index contributed by atoms with van der Waals surface area (Å²) in [4.78, 5) is 15.5. The van der Waals surface area contributed by atoms with Gasteiger partial charge in [-0.3, -0.25) is 10.1 Å². The average molecular weight is 243 g/mol. The first-order chi connectivity index (χ1) is 8.74. The Labute approximate surface area is 104 Å². The summed E-state index contributed by atoms with van der Waals surface area (Å²) in [5.41, 5.74) is 7.36. The van der Waals surface area contributed by atoms with E-state index in [0.29, 0.717) is 18.5 Å². The van der Waals surface area contributed by atoms with Gasteiger partial charge in [-0.05, 0) is 24.1 Å². The van der Waals surface area contributed by atoms with Gasteiger partial charge in [-0.1, -0.05) is 12.1 Å². The third-order valence-corrected chi connectivity index (χ3v) is 2.35.